The van der Waals surface area contributed by atoms with E-state index in [2.05, 4.69) is 42.4 Å². The van der Waals surface area contributed by atoms with E-state index in [0.717, 1.165) is 17.0 Å². The molecule has 0 radical (unpaired) electrons. The number of nitrogens with zero attached hydrogens (tertiary/aromatic N) is 4. The molecule has 0 fully saturated rings. The lowest BCUT2D eigenvalue weighted by atomic mass is 10.2. The van der Waals surface area contributed by atoms with Crippen molar-refractivity contribution in [2.24, 2.45) is 4.99 Å². The molecule has 1 N–H and O–H groups in total. The monoisotopic (exact) mass is 351 g/mol. The quantitative estimate of drug-likeness (QED) is 0.676. The molecule has 0 saturated carbocycles. The van der Waals surface area contributed by atoms with Gasteiger partial charge < -0.3 is 14.7 Å². The smallest absolute Gasteiger partial charge is 0.223 e. The minimum atomic E-state index is 0.477. The molecule has 7 heteroatoms. The molecular weight excluding hydrogens is 334 g/mol. The third-order valence-electron chi connectivity index (χ3n) is 2.91. The molecule has 1 heterocycles. The van der Waals surface area contributed by atoms with Crippen LogP contribution < -0.4 is 5.32 Å². The number of aliphatic imine (C=N–C) groups is 1. The Hall–Kier alpha value is -1.89. The SMILES string of the molecule is CN=C(NCc1noc(C)n1)N(C)Cc1ccccc1Br. The van der Waals surface area contributed by atoms with E-state index in [0.29, 0.717) is 18.3 Å². The van der Waals surface area contributed by atoms with Crippen LogP contribution in [-0.4, -0.2) is 35.1 Å². The second kappa shape index (κ2) is 7.21. The second-order valence-electron chi connectivity index (χ2n) is 4.58. The molecule has 1 aromatic carbocycles. The Morgan fingerprint density at radius 1 is 1.43 bits per heavy atom. The lowest BCUT2D eigenvalue weighted by Crippen LogP contribution is -2.38. The maximum atomic E-state index is 4.94. The van der Waals surface area contributed by atoms with E-state index in [1.807, 2.05) is 30.1 Å². The molecule has 2 rings (SSSR count). The Bertz CT molecular complexity index is 625. The average molecular weight is 352 g/mol. The molecule has 21 heavy (non-hydrogen) atoms. The summed E-state index contributed by atoms with van der Waals surface area (Å²) in [6.07, 6.45) is 0. The summed E-state index contributed by atoms with van der Waals surface area (Å²) < 4.78 is 6.03. The fourth-order valence-corrected chi connectivity index (χ4v) is 2.32. The summed E-state index contributed by atoms with van der Waals surface area (Å²) >= 11 is 3.55. The summed E-state index contributed by atoms with van der Waals surface area (Å²) in [6, 6.07) is 8.13. The summed E-state index contributed by atoms with van der Waals surface area (Å²) in [4.78, 5) is 10.5. The number of nitrogens with one attached hydrogen (secondary N) is 1. The van der Waals surface area contributed by atoms with Crippen molar-refractivity contribution < 1.29 is 4.52 Å². The molecule has 0 aliphatic carbocycles. The second-order valence-corrected chi connectivity index (χ2v) is 5.43. The van der Waals surface area contributed by atoms with E-state index < -0.39 is 0 Å². The van der Waals surface area contributed by atoms with Crippen LogP contribution in [0, 0.1) is 6.92 Å². The number of rotatable bonds is 4. The third kappa shape index (κ3) is 4.29. The highest BCUT2D eigenvalue weighted by Crippen LogP contribution is 2.17. The van der Waals surface area contributed by atoms with E-state index in [9.17, 15) is 0 Å². The van der Waals surface area contributed by atoms with Gasteiger partial charge in [0.25, 0.3) is 0 Å². The van der Waals surface area contributed by atoms with Gasteiger partial charge >= 0.3 is 0 Å². The molecule has 0 aliphatic heterocycles. The van der Waals surface area contributed by atoms with Crippen molar-refractivity contribution in [3.63, 3.8) is 0 Å². The van der Waals surface area contributed by atoms with E-state index in [-0.39, 0.29) is 0 Å². The minimum absolute atomic E-state index is 0.477. The van der Waals surface area contributed by atoms with Crippen molar-refractivity contribution in [3.05, 3.63) is 46.0 Å². The largest absolute Gasteiger partial charge is 0.349 e. The van der Waals surface area contributed by atoms with E-state index in [1.165, 1.54) is 5.56 Å². The first-order valence-electron chi connectivity index (χ1n) is 6.54. The standard InChI is InChI=1S/C14H18BrN5O/c1-10-18-13(19-21-10)8-17-14(16-2)20(3)9-11-6-4-5-7-12(11)15/h4-7H,8-9H2,1-3H3,(H,16,17). The normalized spacial score (nSPS) is 11.5. The van der Waals surface area contributed by atoms with Gasteiger partial charge in [-0.15, -0.1) is 0 Å². The van der Waals surface area contributed by atoms with Gasteiger partial charge in [-0.3, -0.25) is 4.99 Å². The topological polar surface area (TPSA) is 66.5 Å². The van der Waals surface area contributed by atoms with Gasteiger partial charge in [-0.1, -0.05) is 39.3 Å². The van der Waals surface area contributed by atoms with Crippen LogP contribution in [0.15, 0.2) is 38.3 Å². The van der Waals surface area contributed by atoms with Gasteiger partial charge in [0.2, 0.25) is 5.89 Å². The van der Waals surface area contributed by atoms with Crippen LogP contribution in [0.25, 0.3) is 0 Å². The number of hydrogen-bond donors (Lipinski definition) is 1. The summed E-state index contributed by atoms with van der Waals surface area (Å²) in [6.45, 7) is 2.99. The summed E-state index contributed by atoms with van der Waals surface area (Å²) in [5.74, 6) is 1.94. The van der Waals surface area contributed by atoms with Crippen LogP contribution in [-0.2, 0) is 13.1 Å². The molecule has 112 valence electrons. The van der Waals surface area contributed by atoms with Crippen LogP contribution in [0.3, 0.4) is 0 Å². The highest BCUT2D eigenvalue weighted by Gasteiger charge is 2.10. The molecule has 0 atom stereocenters. The highest BCUT2D eigenvalue weighted by atomic mass is 79.9. The van der Waals surface area contributed by atoms with Gasteiger partial charge in [0.1, 0.15) is 0 Å². The van der Waals surface area contributed by atoms with Crippen molar-refractivity contribution in [2.45, 2.75) is 20.0 Å². The predicted octanol–water partition coefficient (Wildman–Crippen LogP) is 2.35. The predicted molar refractivity (Wildman–Crippen MR) is 84.8 cm³/mol. The van der Waals surface area contributed by atoms with Gasteiger partial charge in [0.05, 0.1) is 6.54 Å². The molecule has 0 unspecified atom stereocenters. The maximum Gasteiger partial charge on any atom is 0.223 e. The Kier molecular flexibility index (Phi) is 5.32. The summed E-state index contributed by atoms with van der Waals surface area (Å²) in [5, 5.41) is 7.06. The van der Waals surface area contributed by atoms with Crippen LogP contribution in [0.5, 0.6) is 0 Å². The van der Waals surface area contributed by atoms with Crippen molar-refractivity contribution in [2.75, 3.05) is 14.1 Å². The lowest BCUT2D eigenvalue weighted by molar-refractivity contribution is 0.386. The summed E-state index contributed by atoms with van der Waals surface area (Å²) in [5.41, 5.74) is 1.19. The molecule has 2 aromatic rings. The highest BCUT2D eigenvalue weighted by molar-refractivity contribution is 9.10. The molecule has 0 spiro atoms. The maximum absolute atomic E-state index is 4.94. The molecular formula is C14H18BrN5O. The van der Waals surface area contributed by atoms with Gasteiger partial charge in [0.15, 0.2) is 11.8 Å². The number of aromatic nitrogens is 2. The molecule has 6 nitrogen and oxygen atoms in total. The number of benzene rings is 1. The van der Waals surface area contributed by atoms with Gasteiger partial charge in [-0.2, -0.15) is 4.98 Å². The third-order valence-corrected chi connectivity index (χ3v) is 3.69. The Morgan fingerprint density at radius 2 is 2.19 bits per heavy atom. The van der Waals surface area contributed by atoms with Crippen LogP contribution in [0.4, 0.5) is 0 Å². The lowest BCUT2D eigenvalue weighted by Gasteiger charge is -2.22. The average Bonchev–Trinajstić information content (AvgIpc) is 2.88. The summed E-state index contributed by atoms with van der Waals surface area (Å²) in [7, 11) is 3.73. The van der Waals surface area contributed by atoms with Crippen molar-refractivity contribution in [1.29, 1.82) is 0 Å². The number of hydrogen-bond acceptors (Lipinski definition) is 4. The first kappa shape index (κ1) is 15.5. The van der Waals surface area contributed by atoms with E-state index >= 15 is 0 Å². The zero-order valence-corrected chi connectivity index (χ0v) is 13.9. The van der Waals surface area contributed by atoms with Crippen molar-refractivity contribution >= 4 is 21.9 Å². The minimum Gasteiger partial charge on any atom is -0.349 e. The fraction of sp³-hybridized carbons (Fsp3) is 0.357. The Balaban J connectivity index is 1.96. The molecule has 0 amide bonds. The number of aryl methyl sites for hydroxylation is 1. The molecule has 0 bridgehead atoms. The first-order valence-corrected chi connectivity index (χ1v) is 7.34. The zero-order valence-electron chi connectivity index (χ0n) is 12.3. The van der Waals surface area contributed by atoms with Gasteiger partial charge in [0, 0.05) is 32.0 Å². The molecule has 0 aliphatic rings. The number of halogens is 1. The zero-order chi connectivity index (χ0) is 15.2. The first-order chi connectivity index (χ1) is 10.1. The van der Waals surface area contributed by atoms with Crippen LogP contribution >= 0.6 is 15.9 Å². The van der Waals surface area contributed by atoms with Crippen LogP contribution in [0.1, 0.15) is 17.3 Å². The van der Waals surface area contributed by atoms with Gasteiger partial charge in [-0.05, 0) is 11.6 Å². The molecule has 0 saturated heterocycles. The van der Waals surface area contributed by atoms with Crippen molar-refractivity contribution in [1.82, 2.24) is 20.4 Å². The number of guanidine groups is 1. The fourth-order valence-electron chi connectivity index (χ4n) is 1.91. The van der Waals surface area contributed by atoms with Crippen LogP contribution in [0.2, 0.25) is 0 Å². The van der Waals surface area contributed by atoms with Crippen molar-refractivity contribution in [3.8, 4) is 0 Å². The Morgan fingerprint density at radius 3 is 2.81 bits per heavy atom. The van der Waals surface area contributed by atoms with Gasteiger partial charge in [-0.25, -0.2) is 0 Å². The van der Waals surface area contributed by atoms with E-state index in [4.69, 9.17) is 4.52 Å². The molecule has 1 aromatic heterocycles. The van der Waals surface area contributed by atoms with E-state index in [1.54, 1.807) is 14.0 Å². The Labute approximate surface area is 132 Å².